The highest BCUT2D eigenvalue weighted by molar-refractivity contribution is 5.96. The van der Waals surface area contributed by atoms with E-state index in [1.807, 2.05) is 6.07 Å². The van der Waals surface area contributed by atoms with Gasteiger partial charge >= 0.3 is 0 Å². The SMILES string of the molecule is O=C(C[C@@H]1c2ccccc2[C@H](O)[C@H]1[N+](=O)[O-])c1ccccc1. The molecule has 0 spiro atoms. The summed E-state index contributed by atoms with van der Waals surface area (Å²) in [6.45, 7) is 0. The molecule has 0 aliphatic heterocycles. The molecule has 0 heterocycles. The zero-order valence-corrected chi connectivity index (χ0v) is 11.8. The summed E-state index contributed by atoms with van der Waals surface area (Å²) >= 11 is 0. The van der Waals surface area contributed by atoms with Crippen molar-refractivity contribution in [3.05, 3.63) is 81.4 Å². The van der Waals surface area contributed by atoms with Crippen molar-refractivity contribution in [2.45, 2.75) is 24.5 Å². The summed E-state index contributed by atoms with van der Waals surface area (Å²) in [5.41, 5.74) is 1.78. The van der Waals surface area contributed by atoms with E-state index in [2.05, 4.69) is 0 Å². The van der Waals surface area contributed by atoms with Gasteiger partial charge in [0.25, 0.3) is 0 Å². The Hall–Kier alpha value is -2.53. The first kappa shape index (κ1) is 14.4. The summed E-state index contributed by atoms with van der Waals surface area (Å²) in [6.07, 6.45) is -1.15. The number of nitro groups is 1. The molecule has 1 N–H and O–H groups in total. The molecule has 0 saturated carbocycles. The second-order valence-electron chi connectivity index (χ2n) is 5.45. The number of ketones is 1. The van der Waals surface area contributed by atoms with Crippen LogP contribution in [0.4, 0.5) is 0 Å². The molecule has 0 aromatic heterocycles. The van der Waals surface area contributed by atoms with Gasteiger partial charge in [0, 0.05) is 16.9 Å². The molecule has 22 heavy (non-hydrogen) atoms. The number of aliphatic hydroxyl groups excluding tert-OH is 1. The number of Topliss-reactive ketones (excluding diaryl/α,β-unsaturated/α-hetero) is 1. The highest BCUT2D eigenvalue weighted by Crippen LogP contribution is 2.44. The van der Waals surface area contributed by atoms with Crippen LogP contribution in [0.2, 0.25) is 0 Å². The zero-order valence-electron chi connectivity index (χ0n) is 11.8. The van der Waals surface area contributed by atoms with E-state index < -0.39 is 23.0 Å². The lowest BCUT2D eigenvalue weighted by atomic mass is 9.90. The van der Waals surface area contributed by atoms with Crippen LogP contribution in [0.1, 0.15) is 39.9 Å². The van der Waals surface area contributed by atoms with Gasteiger partial charge < -0.3 is 5.11 Å². The molecule has 112 valence electrons. The topological polar surface area (TPSA) is 80.4 Å². The fraction of sp³-hybridized carbons (Fsp3) is 0.235. The van der Waals surface area contributed by atoms with Crippen LogP contribution in [-0.4, -0.2) is 21.9 Å². The first-order valence-corrected chi connectivity index (χ1v) is 7.08. The maximum atomic E-state index is 12.4. The van der Waals surface area contributed by atoms with Gasteiger partial charge in [0.05, 0.1) is 5.92 Å². The highest BCUT2D eigenvalue weighted by Gasteiger charge is 2.48. The Morgan fingerprint density at radius 1 is 1.05 bits per heavy atom. The Bertz CT molecular complexity index is 714. The van der Waals surface area contributed by atoms with Crippen molar-refractivity contribution in [2.75, 3.05) is 0 Å². The van der Waals surface area contributed by atoms with Crippen LogP contribution in [-0.2, 0) is 0 Å². The molecule has 1 aliphatic carbocycles. The molecule has 0 amide bonds. The summed E-state index contributed by atoms with van der Waals surface area (Å²) in [6, 6.07) is 14.5. The summed E-state index contributed by atoms with van der Waals surface area (Å²) in [5.74, 6) is -0.754. The van der Waals surface area contributed by atoms with Crippen molar-refractivity contribution >= 4 is 5.78 Å². The summed E-state index contributed by atoms with van der Waals surface area (Å²) in [7, 11) is 0. The first-order chi connectivity index (χ1) is 10.6. The average molecular weight is 297 g/mol. The van der Waals surface area contributed by atoms with Crippen molar-refractivity contribution in [3.8, 4) is 0 Å². The van der Waals surface area contributed by atoms with Crippen molar-refractivity contribution < 1.29 is 14.8 Å². The minimum absolute atomic E-state index is 0.0176. The highest BCUT2D eigenvalue weighted by atomic mass is 16.6. The van der Waals surface area contributed by atoms with E-state index in [0.29, 0.717) is 16.7 Å². The normalized spacial score (nSPS) is 23.0. The van der Waals surface area contributed by atoms with Crippen molar-refractivity contribution in [1.82, 2.24) is 0 Å². The van der Waals surface area contributed by atoms with Gasteiger partial charge in [0.1, 0.15) is 6.10 Å². The van der Waals surface area contributed by atoms with Gasteiger partial charge in [-0.15, -0.1) is 0 Å². The lowest BCUT2D eigenvalue weighted by Crippen LogP contribution is -2.29. The molecule has 3 rings (SSSR count). The number of carbonyl (C=O) groups is 1. The number of aliphatic hydroxyl groups is 1. The van der Waals surface area contributed by atoms with Gasteiger partial charge in [-0.1, -0.05) is 54.6 Å². The molecule has 5 heteroatoms. The lowest BCUT2D eigenvalue weighted by Gasteiger charge is -2.15. The van der Waals surface area contributed by atoms with Crippen molar-refractivity contribution in [1.29, 1.82) is 0 Å². The van der Waals surface area contributed by atoms with Crippen LogP contribution in [0.3, 0.4) is 0 Å². The standard InChI is InChI=1S/C17H15NO4/c19-15(11-6-2-1-3-7-11)10-14-12-8-4-5-9-13(12)17(20)16(14)18(21)22/h1-9,14,16-17,20H,10H2/t14-,16+,17+/m1/s1. The molecular weight excluding hydrogens is 282 g/mol. The number of rotatable bonds is 4. The van der Waals surface area contributed by atoms with E-state index in [4.69, 9.17) is 0 Å². The Balaban J connectivity index is 1.94. The predicted octanol–water partition coefficient (Wildman–Crippen LogP) is 2.74. The number of benzene rings is 2. The molecule has 2 aromatic carbocycles. The van der Waals surface area contributed by atoms with E-state index in [9.17, 15) is 20.0 Å². The fourth-order valence-electron chi connectivity index (χ4n) is 3.14. The monoisotopic (exact) mass is 297 g/mol. The lowest BCUT2D eigenvalue weighted by molar-refractivity contribution is -0.537. The third kappa shape index (κ3) is 2.40. The molecule has 0 unspecified atom stereocenters. The molecule has 2 aromatic rings. The van der Waals surface area contributed by atoms with Crippen LogP contribution in [0, 0.1) is 10.1 Å². The molecule has 0 radical (unpaired) electrons. The maximum Gasteiger partial charge on any atom is 0.249 e. The Morgan fingerprint density at radius 3 is 2.27 bits per heavy atom. The quantitative estimate of drug-likeness (QED) is 0.534. The number of nitrogens with zero attached hydrogens (tertiary/aromatic N) is 1. The van der Waals surface area contributed by atoms with Gasteiger partial charge in [-0.3, -0.25) is 14.9 Å². The molecule has 3 atom stereocenters. The van der Waals surface area contributed by atoms with Crippen molar-refractivity contribution in [3.63, 3.8) is 0 Å². The molecule has 0 fully saturated rings. The largest absolute Gasteiger partial charge is 0.381 e. The van der Waals surface area contributed by atoms with Crippen LogP contribution in [0.5, 0.6) is 0 Å². The zero-order chi connectivity index (χ0) is 15.7. The van der Waals surface area contributed by atoms with Gasteiger partial charge in [-0.25, -0.2) is 0 Å². The molecule has 5 nitrogen and oxygen atoms in total. The maximum absolute atomic E-state index is 12.4. The Kier molecular flexibility index (Phi) is 3.73. The predicted molar refractivity (Wildman–Crippen MR) is 80.3 cm³/mol. The second kappa shape index (κ2) is 5.69. The summed E-state index contributed by atoms with van der Waals surface area (Å²) in [4.78, 5) is 23.2. The average Bonchev–Trinajstić information content (AvgIpc) is 2.81. The van der Waals surface area contributed by atoms with Crippen LogP contribution < -0.4 is 0 Å². The Morgan fingerprint density at radius 2 is 1.64 bits per heavy atom. The van der Waals surface area contributed by atoms with E-state index in [0.717, 1.165) is 0 Å². The number of fused-ring (bicyclic) bond motifs is 1. The van der Waals surface area contributed by atoms with E-state index in [-0.39, 0.29) is 12.2 Å². The number of hydrogen-bond acceptors (Lipinski definition) is 4. The van der Waals surface area contributed by atoms with Gasteiger partial charge in [0.2, 0.25) is 6.04 Å². The van der Waals surface area contributed by atoms with Crippen LogP contribution in [0.25, 0.3) is 0 Å². The van der Waals surface area contributed by atoms with E-state index >= 15 is 0 Å². The van der Waals surface area contributed by atoms with Gasteiger partial charge in [-0.2, -0.15) is 0 Å². The van der Waals surface area contributed by atoms with E-state index in [1.54, 1.807) is 48.5 Å². The first-order valence-electron chi connectivity index (χ1n) is 7.08. The number of hydrogen-bond donors (Lipinski definition) is 1. The number of carbonyl (C=O) groups excluding carboxylic acids is 1. The van der Waals surface area contributed by atoms with Crippen LogP contribution in [0.15, 0.2) is 54.6 Å². The Labute approximate surface area is 127 Å². The summed E-state index contributed by atoms with van der Waals surface area (Å²) < 4.78 is 0. The molecule has 0 bridgehead atoms. The molecule has 0 saturated heterocycles. The minimum atomic E-state index is -1.18. The van der Waals surface area contributed by atoms with E-state index in [1.165, 1.54) is 0 Å². The minimum Gasteiger partial charge on any atom is -0.381 e. The third-order valence-corrected chi connectivity index (χ3v) is 4.19. The van der Waals surface area contributed by atoms with Crippen LogP contribution >= 0.6 is 0 Å². The molecular formula is C17H15NO4. The van der Waals surface area contributed by atoms with Gasteiger partial charge in [0.15, 0.2) is 5.78 Å². The van der Waals surface area contributed by atoms with Crippen molar-refractivity contribution in [2.24, 2.45) is 0 Å². The third-order valence-electron chi connectivity index (χ3n) is 4.19. The fourth-order valence-corrected chi connectivity index (χ4v) is 3.14. The summed E-state index contributed by atoms with van der Waals surface area (Å²) in [5, 5.41) is 21.6. The second-order valence-corrected chi connectivity index (χ2v) is 5.45. The smallest absolute Gasteiger partial charge is 0.249 e. The molecule has 1 aliphatic rings. The van der Waals surface area contributed by atoms with Gasteiger partial charge in [-0.05, 0) is 11.1 Å².